The lowest BCUT2D eigenvalue weighted by Crippen LogP contribution is -2.07. The number of anilines is 1. The molecule has 5 heteroatoms. The topological polar surface area (TPSA) is 55.2 Å². The van der Waals surface area contributed by atoms with Crippen LogP contribution in [0.1, 0.15) is 40.8 Å². The first kappa shape index (κ1) is 15.5. The lowest BCUT2D eigenvalue weighted by Gasteiger charge is -2.15. The van der Waals surface area contributed by atoms with Crippen LogP contribution < -0.4 is 5.32 Å². The lowest BCUT2D eigenvalue weighted by atomic mass is 10.1. The van der Waals surface area contributed by atoms with E-state index in [-0.39, 0.29) is 16.7 Å². The van der Waals surface area contributed by atoms with Gasteiger partial charge in [-0.15, -0.1) is 11.3 Å². The molecule has 2 aromatic rings. The van der Waals surface area contributed by atoms with Gasteiger partial charge in [-0.3, -0.25) is 10.1 Å². The zero-order valence-electron chi connectivity index (χ0n) is 12.8. The van der Waals surface area contributed by atoms with Crippen LogP contribution in [-0.2, 0) is 6.42 Å². The Bertz CT molecular complexity index is 664. The highest BCUT2D eigenvalue weighted by atomic mass is 32.1. The van der Waals surface area contributed by atoms with Crippen molar-refractivity contribution in [3.8, 4) is 0 Å². The molecular weight excluding hydrogens is 284 g/mol. The summed E-state index contributed by atoms with van der Waals surface area (Å²) in [5.74, 6) is 0. The van der Waals surface area contributed by atoms with Crippen molar-refractivity contribution in [3.05, 3.63) is 55.3 Å². The van der Waals surface area contributed by atoms with Gasteiger partial charge < -0.3 is 5.32 Å². The zero-order valence-corrected chi connectivity index (χ0v) is 13.6. The number of benzene rings is 1. The van der Waals surface area contributed by atoms with Crippen LogP contribution in [0.15, 0.2) is 24.3 Å². The minimum absolute atomic E-state index is 0.127. The van der Waals surface area contributed by atoms with Crippen LogP contribution >= 0.6 is 11.3 Å². The number of nitrogens with one attached hydrogen (secondary N) is 1. The molecule has 0 aliphatic rings. The molecule has 0 radical (unpaired) electrons. The van der Waals surface area contributed by atoms with E-state index in [2.05, 4.69) is 32.2 Å². The summed E-state index contributed by atoms with van der Waals surface area (Å²) in [5, 5.41) is 14.5. The summed E-state index contributed by atoms with van der Waals surface area (Å²) in [7, 11) is 0. The second-order valence-electron chi connectivity index (χ2n) is 5.19. The molecule has 0 amide bonds. The second kappa shape index (κ2) is 6.26. The molecule has 1 unspecified atom stereocenters. The maximum atomic E-state index is 11.1. The van der Waals surface area contributed by atoms with Crippen molar-refractivity contribution in [3.63, 3.8) is 0 Å². The first-order chi connectivity index (χ1) is 9.92. The normalized spacial score (nSPS) is 12.2. The van der Waals surface area contributed by atoms with E-state index >= 15 is 0 Å². The predicted octanol–water partition coefficient (Wildman–Crippen LogP) is 5.01. The molecule has 0 saturated heterocycles. The maximum Gasteiger partial charge on any atom is 0.274 e. The van der Waals surface area contributed by atoms with Gasteiger partial charge in [0.25, 0.3) is 5.69 Å². The molecule has 1 aromatic heterocycles. The van der Waals surface area contributed by atoms with Crippen LogP contribution in [0.4, 0.5) is 11.4 Å². The molecule has 2 rings (SSSR count). The predicted molar refractivity (Wildman–Crippen MR) is 88.3 cm³/mol. The summed E-state index contributed by atoms with van der Waals surface area (Å²) in [6.45, 7) is 8.20. The lowest BCUT2D eigenvalue weighted by molar-refractivity contribution is -0.385. The minimum atomic E-state index is -0.311. The number of nitro groups is 1. The number of nitrogens with zero attached hydrogens (tertiary/aromatic N) is 1. The highest BCUT2D eigenvalue weighted by molar-refractivity contribution is 7.12. The Morgan fingerprint density at radius 2 is 2.05 bits per heavy atom. The number of rotatable bonds is 5. The fourth-order valence-electron chi connectivity index (χ4n) is 2.53. The van der Waals surface area contributed by atoms with Gasteiger partial charge in [-0.1, -0.05) is 13.0 Å². The van der Waals surface area contributed by atoms with Gasteiger partial charge in [0.1, 0.15) is 0 Å². The molecule has 0 fully saturated rings. The van der Waals surface area contributed by atoms with Gasteiger partial charge in [0.2, 0.25) is 0 Å². The Morgan fingerprint density at radius 3 is 2.57 bits per heavy atom. The standard InChI is InChI=1S/C16H20N2O2S/c1-5-13-6-7-14(9-16(13)18(19)20)17-11(3)15-8-10(2)21-12(15)4/h6-9,11,17H,5H2,1-4H3. The summed E-state index contributed by atoms with van der Waals surface area (Å²) in [5.41, 5.74) is 2.99. The fraction of sp³-hybridized carbons (Fsp3) is 0.375. The van der Waals surface area contributed by atoms with Gasteiger partial charge in [-0.2, -0.15) is 0 Å². The van der Waals surface area contributed by atoms with Gasteiger partial charge in [0, 0.05) is 33.1 Å². The van der Waals surface area contributed by atoms with Crippen LogP contribution in [0.25, 0.3) is 0 Å². The number of nitro benzene ring substituents is 1. The van der Waals surface area contributed by atoms with E-state index in [9.17, 15) is 10.1 Å². The third-order valence-corrected chi connectivity index (χ3v) is 4.57. The molecule has 1 heterocycles. The molecule has 0 aliphatic carbocycles. The van der Waals surface area contributed by atoms with Crippen LogP contribution in [0.3, 0.4) is 0 Å². The van der Waals surface area contributed by atoms with Crippen LogP contribution in [0.5, 0.6) is 0 Å². The Kier molecular flexibility index (Phi) is 4.63. The highest BCUT2D eigenvalue weighted by Gasteiger charge is 2.15. The van der Waals surface area contributed by atoms with E-state index < -0.39 is 0 Å². The number of aryl methyl sites for hydroxylation is 3. The van der Waals surface area contributed by atoms with Crippen molar-refractivity contribution in [1.82, 2.24) is 0 Å². The van der Waals surface area contributed by atoms with Gasteiger partial charge in [0.05, 0.1) is 4.92 Å². The van der Waals surface area contributed by atoms with Crippen LogP contribution in [0, 0.1) is 24.0 Å². The molecule has 1 atom stereocenters. The molecule has 0 spiro atoms. The number of hydrogen-bond donors (Lipinski definition) is 1. The van der Waals surface area contributed by atoms with Gasteiger partial charge in [-0.25, -0.2) is 0 Å². The van der Waals surface area contributed by atoms with Gasteiger partial charge >= 0.3 is 0 Å². The van der Waals surface area contributed by atoms with Crippen molar-refractivity contribution in [2.45, 2.75) is 40.2 Å². The van der Waals surface area contributed by atoms with Crippen LogP contribution in [-0.4, -0.2) is 4.92 Å². The molecule has 112 valence electrons. The van der Waals surface area contributed by atoms with Crippen molar-refractivity contribution < 1.29 is 4.92 Å². The summed E-state index contributed by atoms with van der Waals surface area (Å²) >= 11 is 1.77. The average molecular weight is 304 g/mol. The Labute approximate surface area is 129 Å². The Balaban J connectivity index is 2.25. The highest BCUT2D eigenvalue weighted by Crippen LogP contribution is 2.30. The van der Waals surface area contributed by atoms with Crippen molar-refractivity contribution in [2.24, 2.45) is 0 Å². The van der Waals surface area contributed by atoms with Gasteiger partial charge in [0.15, 0.2) is 0 Å². The largest absolute Gasteiger partial charge is 0.378 e. The van der Waals surface area contributed by atoms with E-state index in [1.54, 1.807) is 17.4 Å². The molecular formula is C16H20N2O2S. The number of thiophene rings is 1. The summed E-state index contributed by atoms with van der Waals surface area (Å²) in [4.78, 5) is 13.4. The minimum Gasteiger partial charge on any atom is -0.378 e. The molecule has 21 heavy (non-hydrogen) atoms. The summed E-state index contributed by atoms with van der Waals surface area (Å²) in [6.07, 6.45) is 0.662. The number of hydrogen-bond acceptors (Lipinski definition) is 4. The maximum absolute atomic E-state index is 11.1. The summed E-state index contributed by atoms with van der Waals surface area (Å²) in [6, 6.07) is 7.67. The van der Waals surface area contributed by atoms with E-state index in [4.69, 9.17) is 0 Å². The third-order valence-electron chi connectivity index (χ3n) is 3.59. The third kappa shape index (κ3) is 3.42. The zero-order chi connectivity index (χ0) is 15.6. The van der Waals surface area contributed by atoms with Crippen molar-refractivity contribution in [1.29, 1.82) is 0 Å². The summed E-state index contributed by atoms with van der Waals surface area (Å²) < 4.78 is 0. The van der Waals surface area contributed by atoms with Crippen molar-refractivity contribution in [2.75, 3.05) is 5.32 Å². The molecule has 0 bridgehead atoms. The molecule has 0 aliphatic heterocycles. The first-order valence-electron chi connectivity index (χ1n) is 7.03. The molecule has 4 nitrogen and oxygen atoms in total. The average Bonchev–Trinajstić information content (AvgIpc) is 2.77. The molecule has 0 saturated carbocycles. The smallest absolute Gasteiger partial charge is 0.274 e. The first-order valence-corrected chi connectivity index (χ1v) is 7.84. The van der Waals surface area contributed by atoms with E-state index in [0.717, 1.165) is 11.3 Å². The Morgan fingerprint density at radius 1 is 1.33 bits per heavy atom. The molecule has 1 aromatic carbocycles. The quantitative estimate of drug-likeness (QED) is 0.624. The molecule has 1 N–H and O–H groups in total. The second-order valence-corrected chi connectivity index (χ2v) is 6.65. The van der Waals surface area contributed by atoms with E-state index in [0.29, 0.717) is 6.42 Å². The SMILES string of the molecule is CCc1ccc(NC(C)c2cc(C)sc2C)cc1[N+](=O)[O-]. The van der Waals surface area contributed by atoms with E-state index in [1.165, 1.54) is 15.3 Å². The van der Waals surface area contributed by atoms with E-state index in [1.807, 2.05) is 19.1 Å². The van der Waals surface area contributed by atoms with Crippen LogP contribution in [0.2, 0.25) is 0 Å². The van der Waals surface area contributed by atoms with Crippen molar-refractivity contribution >= 4 is 22.7 Å². The Hall–Kier alpha value is -1.88. The van der Waals surface area contributed by atoms with Gasteiger partial charge in [-0.05, 0) is 44.9 Å². The monoisotopic (exact) mass is 304 g/mol. The fourth-order valence-corrected chi connectivity index (χ4v) is 3.55.